The Kier molecular flexibility index (Phi) is 7.27. The van der Waals surface area contributed by atoms with Gasteiger partial charge in [-0.15, -0.1) is 0 Å². The Balaban J connectivity index is 0.00000127. The minimum Gasteiger partial charge on any atom is -0.314 e. The quantitative estimate of drug-likeness (QED) is 0.407. The van der Waals surface area contributed by atoms with Gasteiger partial charge in [-0.3, -0.25) is 15.5 Å². The summed E-state index contributed by atoms with van der Waals surface area (Å²) >= 11 is 0. The van der Waals surface area contributed by atoms with Crippen LogP contribution in [-0.2, 0) is 0 Å². The van der Waals surface area contributed by atoms with E-state index in [9.17, 15) is 14.5 Å². The average molecular weight is 323 g/mol. The fraction of sp³-hybridized carbons (Fsp3) is 0.467. The molecule has 0 heterocycles. The number of benzene rings is 1. The maximum Gasteiger partial charge on any atom is 0.305 e. The van der Waals surface area contributed by atoms with E-state index in [1.54, 1.807) is 7.05 Å². The van der Waals surface area contributed by atoms with Crippen LogP contribution in [0, 0.1) is 21.3 Å². The van der Waals surface area contributed by atoms with Crippen molar-refractivity contribution in [3.05, 3.63) is 39.7 Å². The smallest absolute Gasteiger partial charge is 0.305 e. The molecule has 1 aromatic rings. The van der Waals surface area contributed by atoms with E-state index in [1.165, 1.54) is 12.1 Å². The summed E-state index contributed by atoms with van der Waals surface area (Å²) in [6.45, 7) is 4.26. The number of hydrogen-bond donors (Lipinski definition) is 3. The van der Waals surface area contributed by atoms with Gasteiger partial charge in [-0.05, 0) is 26.0 Å². The summed E-state index contributed by atoms with van der Waals surface area (Å²) in [5.74, 6) is -1.01. The topological polar surface area (TPSA) is 103 Å². The Hall–Kier alpha value is -2.35. The van der Waals surface area contributed by atoms with Crippen LogP contribution in [-0.4, -0.2) is 36.0 Å². The van der Waals surface area contributed by atoms with Gasteiger partial charge in [0.2, 0.25) is 5.82 Å². The van der Waals surface area contributed by atoms with Crippen molar-refractivity contribution in [3.63, 3.8) is 0 Å². The average Bonchev–Trinajstić information content (AvgIpc) is 3.37. The van der Waals surface area contributed by atoms with Crippen LogP contribution < -0.4 is 10.7 Å². The zero-order valence-corrected chi connectivity index (χ0v) is 13.5. The number of nitrogens with one attached hydrogen (secondary N) is 3. The van der Waals surface area contributed by atoms with E-state index in [0.29, 0.717) is 11.8 Å². The molecule has 0 amide bonds. The number of nitrogens with zero attached hydrogens (tertiary/aromatic N) is 2. The second kappa shape index (κ2) is 8.94. The zero-order valence-electron chi connectivity index (χ0n) is 13.5. The molecule has 0 radical (unpaired) electrons. The molecule has 1 aliphatic rings. The van der Waals surface area contributed by atoms with Crippen LogP contribution in [0.5, 0.6) is 0 Å². The summed E-state index contributed by atoms with van der Waals surface area (Å²) in [6, 6.07) is 4.08. The largest absolute Gasteiger partial charge is 0.314 e. The van der Waals surface area contributed by atoms with E-state index >= 15 is 0 Å². The normalized spacial score (nSPS) is 13.8. The van der Waals surface area contributed by atoms with E-state index in [0.717, 1.165) is 18.9 Å². The SMILES string of the molecule is CC.CNC/C(=N/NC1CC1)C(=N)c1cccc([N+](=O)[O-])c1F. The van der Waals surface area contributed by atoms with Crippen molar-refractivity contribution >= 4 is 17.1 Å². The molecule has 2 rings (SSSR count). The van der Waals surface area contributed by atoms with Crippen molar-refractivity contribution in [2.45, 2.75) is 32.7 Å². The summed E-state index contributed by atoms with van der Waals surface area (Å²) in [7, 11) is 1.68. The molecule has 23 heavy (non-hydrogen) atoms. The third-order valence-corrected chi connectivity index (χ3v) is 3.04. The number of nitro groups is 1. The number of hydrogen-bond acceptors (Lipinski definition) is 6. The molecule has 0 aromatic heterocycles. The summed E-state index contributed by atoms with van der Waals surface area (Å²) in [5.41, 5.74) is 2.27. The Morgan fingerprint density at radius 3 is 2.65 bits per heavy atom. The lowest BCUT2D eigenvalue weighted by Crippen LogP contribution is -2.30. The van der Waals surface area contributed by atoms with Crippen molar-refractivity contribution < 1.29 is 9.31 Å². The monoisotopic (exact) mass is 323 g/mol. The summed E-state index contributed by atoms with van der Waals surface area (Å²) in [6.07, 6.45) is 2.05. The van der Waals surface area contributed by atoms with Gasteiger partial charge in [-0.2, -0.15) is 9.49 Å². The number of halogens is 1. The van der Waals surface area contributed by atoms with Crippen molar-refractivity contribution in [3.8, 4) is 0 Å². The third-order valence-electron chi connectivity index (χ3n) is 3.04. The van der Waals surface area contributed by atoms with Crippen LogP contribution in [0.2, 0.25) is 0 Å². The van der Waals surface area contributed by atoms with Gasteiger partial charge in [0.05, 0.1) is 16.3 Å². The van der Waals surface area contributed by atoms with E-state index in [2.05, 4.69) is 15.8 Å². The molecule has 0 unspecified atom stereocenters. The highest BCUT2D eigenvalue weighted by Crippen LogP contribution is 2.21. The highest BCUT2D eigenvalue weighted by atomic mass is 19.1. The molecule has 7 nitrogen and oxygen atoms in total. The molecule has 1 aromatic carbocycles. The van der Waals surface area contributed by atoms with Crippen molar-refractivity contribution in [2.24, 2.45) is 5.10 Å². The molecule has 8 heteroatoms. The van der Waals surface area contributed by atoms with Crippen LogP contribution in [0.3, 0.4) is 0 Å². The fourth-order valence-electron chi connectivity index (χ4n) is 1.74. The number of nitro benzene ring substituents is 1. The standard InChI is InChI=1S/C13H16FN5O2.C2H6/c1-16-7-10(18-17-8-5-6-8)13(15)9-3-2-4-11(12(9)14)19(20)21;1-2/h2-4,8,15-17H,5-7H2,1H3;1-2H3/b15-13?,18-10-;. The number of hydrazone groups is 1. The molecule has 1 aliphatic carbocycles. The van der Waals surface area contributed by atoms with Crippen LogP contribution in [0.15, 0.2) is 23.3 Å². The molecule has 1 fully saturated rings. The minimum absolute atomic E-state index is 0.129. The number of rotatable bonds is 7. The third kappa shape index (κ3) is 5.10. The maximum atomic E-state index is 14.1. The lowest BCUT2D eigenvalue weighted by atomic mass is 10.0. The lowest BCUT2D eigenvalue weighted by molar-refractivity contribution is -0.387. The molecular formula is C15H22FN5O2. The maximum absolute atomic E-state index is 14.1. The van der Waals surface area contributed by atoms with Gasteiger partial charge >= 0.3 is 5.69 Å². The first-order valence-electron chi connectivity index (χ1n) is 7.53. The molecule has 1 saturated carbocycles. The predicted octanol–water partition coefficient (Wildman–Crippen LogP) is 2.46. The molecule has 0 saturated heterocycles. The molecule has 3 N–H and O–H groups in total. The highest BCUT2D eigenvalue weighted by Gasteiger charge is 2.24. The minimum atomic E-state index is -1.01. The van der Waals surface area contributed by atoms with Crippen molar-refractivity contribution in [1.29, 1.82) is 5.41 Å². The summed E-state index contributed by atoms with van der Waals surface area (Å²) in [5, 5.41) is 25.8. The van der Waals surface area contributed by atoms with E-state index in [4.69, 9.17) is 5.41 Å². The first kappa shape index (κ1) is 18.7. The van der Waals surface area contributed by atoms with Crippen LogP contribution in [0.4, 0.5) is 10.1 Å². The van der Waals surface area contributed by atoms with Gasteiger partial charge in [-0.1, -0.05) is 19.9 Å². The van der Waals surface area contributed by atoms with Crippen LogP contribution in [0.25, 0.3) is 0 Å². The van der Waals surface area contributed by atoms with Gasteiger partial charge in [-0.25, -0.2) is 0 Å². The van der Waals surface area contributed by atoms with E-state index in [1.807, 2.05) is 13.8 Å². The van der Waals surface area contributed by atoms with Gasteiger partial charge in [0.1, 0.15) is 0 Å². The first-order valence-corrected chi connectivity index (χ1v) is 7.53. The first-order chi connectivity index (χ1) is 11.0. The second-order valence-electron chi connectivity index (χ2n) is 4.76. The molecule has 0 spiro atoms. The van der Waals surface area contributed by atoms with Gasteiger partial charge in [0, 0.05) is 24.2 Å². The Labute approximate surface area is 134 Å². The summed E-state index contributed by atoms with van der Waals surface area (Å²) in [4.78, 5) is 9.95. The highest BCUT2D eigenvalue weighted by molar-refractivity contribution is 6.48. The molecule has 0 bridgehead atoms. The fourth-order valence-corrected chi connectivity index (χ4v) is 1.74. The van der Waals surface area contributed by atoms with Crippen molar-refractivity contribution in [2.75, 3.05) is 13.6 Å². The van der Waals surface area contributed by atoms with Gasteiger partial charge in [0.15, 0.2) is 0 Å². The lowest BCUT2D eigenvalue weighted by Gasteiger charge is -2.09. The predicted molar refractivity (Wildman–Crippen MR) is 88.8 cm³/mol. The van der Waals surface area contributed by atoms with E-state index < -0.39 is 16.4 Å². The van der Waals surface area contributed by atoms with E-state index in [-0.39, 0.29) is 17.8 Å². The van der Waals surface area contributed by atoms with Crippen LogP contribution >= 0.6 is 0 Å². The molecular weight excluding hydrogens is 301 g/mol. The Bertz CT molecular complexity index is 600. The molecule has 126 valence electrons. The van der Waals surface area contributed by atoms with Crippen LogP contribution in [0.1, 0.15) is 32.3 Å². The molecule has 0 aliphatic heterocycles. The Morgan fingerprint density at radius 1 is 1.48 bits per heavy atom. The Morgan fingerprint density at radius 2 is 2.13 bits per heavy atom. The van der Waals surface area contributed by atoms with Gasteiger partial charge in [0.25, 0.3) is 0 Å². The van der Waals surface area contributed by atoms with Crippen molar-refractivity contribution in [1.82, 2.24) is 10.7 Å². The molecule has 0 atom stereocenters. The zero-order chi connectivity index (χ0) is 17.4. The second-order valence-corrected chi connectivity index (χ2v) is 4.76. The summed E-state index contributed by atoms with van der Waals surface area (Å²) < 4.78 is 14.1. The van der Waals surface area contributed by atoms with Gasteiger partial charge < -0.3 is 10.7 Å².